The number of H-pyrrole nitrogens is 1. The monoisotopic (exact) mass is 429 g/mol. The van der Waals surface area contributed by atoms with E-state index >= 15 is 0 Å². The van der Waals surface area contributed by atoms with Crippen LogP contribution in [-0.2, 0) is 4.79 Å². The third-order valence-electron chi connectivity index (χ3n) is 5.78. The molecule has 0 radical (unpaired) electrons. The van der Waals surface area contributed by atoms with Crippen LogP contribution in [0.4, 0.5) is 5.69 Å². The first-order valence-corrected chi connectivity index (χ1v) is 11.4. The second kappa shape index (κ2) is 8.40. The van der Waals surface area contributed by atoms with Gasteiger partial charge in [-0.1, -0.05) is 36.4 Å². The summed E-state index contributed by atoms with van der Waals surface area (Å²) in [6, 6.07) is 21.9. The Bertz CT molecular complexity index is 1200. The van der Waals surface area contributed by atoms with Gasteiger partial charge in [0.15, 0.2) is 0 Å². The number of rotatable bonds is 4. The van der Waals surface area contributed by atoms with Crippen LogP contribution in [0, 0.1) is 5.92 Å². The number of nitrogens with one attached hydrogen (secondary N) is 2. The highest BCUT2D eigenvalue weighted by atomic mass is 32.1. The maximum atomic E-state index is 13.0. The molecule has 6 heteroatoms. The molecule has 1 fully saturated rings. The Labute approximate surface area is 184 Å². The molecule has 1 aliphatic rings. The van der Waals surface area contributed by atoms with E-state index in [-0.39, 0.29) is 17.7 Å². The van der Waals surface area contributed by atoms with Gasteiger partial charge in [-0.05, 0) is 48.6 Å². The van der Waals surface area contributed by atoms with Gasteiger partial charge in [-0.25, -0.2) is 0 Å². The summed E-state index contributed by atoms with van der Waals surface area (Å²) in [5.74, 6) is -0.208. The zero-order chi connectivity index (χ0) is 21.2. The number of amides is 2. The van der Waals surface area contributed by atoms with Crippen LogP contribution in [0.3, 0.4) is 0 Å². The number of aromatic nitrogens is 1. The molecule has 2 N–H and O–H groups in total. The highest BCUT2D eigenvalue weighted by molar-refractivity contribution is 7.12. The number of hydrogen-bond donors (Lipinski definition) is 2. The summed E-state index contributed by atoms with van der Waals surface area (Å²) in [4.78, 5) is 31.6. The molecule has 4 aromatic rings. The van der Waals surface area contributed by atoms with Crippen LogP contribution in [0.1, 0.15) is 22.5 Å². The third-order valence-corrected chi connectivity index (χ3v) is 6.64. The van der Waals surface area contributed by atoms with Gasteiger partial charge >= 0.3 is 0 Å². The molecule has 156 valence electrons. The minimum Gasteiger partial charge on any atom is -0.355 e. The number of hydrogen-bond acceptors (Lipinski definition) is 3. The van der Waals surface area contributed by atoms with Crippen molar-refractivity contribution in [1.29, 1.82) is 0 Å². The van der Waals surface area contributed by atoms with Gasteiger partial charge in [0, 0.05) is 40.9 Å². The standard InChI is InChI=1S/C25H23N3O2S/c29-24(19-8-4-12-28(16-19)25(30)23-11-5-13-31-23)26-20-9-3-7-17(14-20)22-15-18-6-1-2-10-21(18)27-22/h1-3,5-7,9-11,13-15,19,27H,4,8,12,16H2,(H,26,29). The van der Waals surface area contributed by atoms with E-state index in [1.54, 1.807) is 4.90 Å². The van der Waals surface area contributed by atoms with E-state index in [9.17, 15) is 9.59 Å². The smallest absolute Gasteiger partial charge is 0.263 e. The summed E-state index contributed by atoms with van der Waals surface area (Å²) in [6.45, 7) is 1.17. The third kappa shape index (κ3) is 4.11. The maximum Gasteiger partial charge on any atom is 0.263 e. The minimum atomic E-state index is -0.200. The van der Waals surface area contributed by atoms with Crippen LogP contribution in [0.2, 0.25) is 0 Å². The highest BCUT2D eigenvalue weighted by Gasteiger charge is 2.29. The van der Waals surface area contributed by atoms with E-state index in [4.69, 9.17) is 0 Å². The Balaban J connectivity index is 1.29. The first kappa shape index (κ1) is 19.6. The maximum absolute atomic E-state index is 13.0. The van der Waals surface area contributed by atoms with Crippen molar-refractivity contribution in [1.82, 2.24) is 9.88 Å². The van der Waals surface area contributed by atoms with Crippen molar-refractivity contribution >= 4 is 39.7 Å². The second-order valence-corrected chi connectivity index (χ2v) is 8.86. The number of likely N-dealkylation sites (tertiary alicyclic amines) is 1. The van der Waals surface area contributed by atoms with Crippen LogP contribution < -0.4 is 5.32 Å². The molecular formula is C25H23N3O2S. The molecule has 0 bridgehead atoms. The first-order chi connectivity index (χ1) is 15.2. The fraction of sp³-hybridized carbons (Fsp3) is 0.200. The van der Waals surface area contributed by atoms with Crippen molar-refractivity contribution in [3.63, 3.8) is 0 Å². The lowest BCUT2D eigenvalue weighted by Gasteiger charge is -2.31. The number of fused-ring (bicyclic) bond motifs is 1. The summed E-state index contributed by atoms with van der Waals surface area (Å²) in [7, 11) is 0. The molecule has 0 aliphatic carbocycles. The molecule has 3 heterocycles. The fourth-order valence-corrected chi connectivity index (χ4v) is 4.86. The molecular weight excluding hydrogens is 406 g/mol. The number of aromatic amines is 1. The van der Waals surface area contributed by atoms with Crippen LogP contribution >= 0.6 is 11.3 Å². The van der Waals surface area contributed by atoms with E-state index in [0.29, 0.717) is 13.1 Å². The zero-order valence-electron chi connectivity index (χ0n) is 17.0. The van der Waals surface area contributed by atoms with Crippen LogP contribution in [0.5, 0.6) is 0 Å². The van der Waals surface area contributed by atoms with Crippen molar-refractivity contribution in [2.45, 2.75) is 12.8 Å². The van der Waals surface area contributed by atoms with Gasteiger partial charge in [-0.15, -0.1) is 11.3 Å². The number of piperidine rings is 1. The Morgan fingerprint density at radius 3 is 2.77 bits per heavy atom. The molecule has 2 amide bonds. The number of nitrogens with zero attached hydrogens (tertiary/aromatic N) is 1. The molecule has 1 unspecified atom stereocenters. The zero-order valence-corrected chi connectivity index (χ0v) is 17.8. The normalized spacial score (nSPS) is 16.4. The molecule has 0 spiro atoms. The molecule has 5 nitrogen and oxygen atoms in total. The van der Waals surface area contributed by atoms with Gasteiger partial charge in [-0.3, -0.25) is 9.59 Å². The van der Waals surface area contributed by atoms with Crippen molar-refractivity contribution in [3.05, 3.63) is 77.0 Å². The summed E-state index contributed by atoms with van der Waals surface area (Å²) < 4.78 is 0. The average Bonchev–Trinajstić information content (AvgIpc) is 3.49. The SMILES string of the molecule is O=C(Nc1cccc(-c2cc3ccccc3[nH]2)c1)C1CCCN(C(=O)c2cccs2)C1. The Morgan fingerprint density at radius 2 is 1.94 bits per heavy atom. The molecule has 1 aliphatic heterocycles. The molecule has 0 saturated carbocycles. The first-order valence-electron chi connectivity index (χ1n) is 10.5. The number of benzene rings is 2. The van der Waals surface area contributed by atoms with Gasteiger partial charge in [0.05, 0.1) is 10.8 Å². The number of anilines is 1. The quantitative estimate of drug-likeness (QED) is 0.457. The van der Waals surface area contributed by atoms with E-state index in [1.165, 1.54) is 11.3 Å². The summed E-state index contributed by atoms with van der Waals surface area (Å²) in [5.41, 5.74) is 3.89. The van der Waals surface area contributed by atoms with Crippen molar-refractivity contribution in [3.8, 4) is 11.3 Å². The summed E-state index contributed by atoms with van der Waals surface area (Å²) in [6.07, 6.45) is 1.63. The number of carbonyl (C=O) groups is 2. The van der Waals surface area contributed by atoms with Crippen LogP contribution in [-0.4, -0.2) is 34.8 Å². The molecule has 31 heavy (non-hydrogen) atoms. The highest BCUT2D eigenvalue weighted by Crippen LogP contribution is 2.27. The Kier molecular flexibility index (Phi) is 5.30. The molecule has 5 rings (SSSR count). The van der Waals surface area contributed by atoms with Gasteiger partial charge < -0.3 is 15.2 Å². The fourth-order valence-electron chi connectivity index (χ4n) is 4.17. The Hall–Kier alpha value is -3.38. The van der Waals surface area contributed by atoms with E-state index in [0.717, 1.165) is 45.6 Å². The molecule has 2 aromatic carbocycles. The Morgan fingerprint density at radius 1 is 1.03 bits per heavy atom. The summed E-state index contributed by atoms with van der Waals surface area (Å²) >= 11 is 1.44. The lowest BCUT2D eigenvalue weighted by atomic mass is 9.96. The number of thiophene rings is 1. The van der Waals surface area contributed by atoms with Gasteiger partial charge in [0.1, 0.15) is 0 Å². The van der Waals surface area contributed by atoms with Crippen molar-refractivity contribution in [2.24, 2.45) is 5.92 Å². The van der Waals surface area contributed by atoms with E-state index in [1.807, 2.05) is 53.9 Å². The van der Waals surface area contributed by atoms with E-state index < -0.39 is 0 Å². The van der Waals surface area contributed by atoms with Crippen LogP contribution in [0.25, 0.3) is 22.2 Å². The lowest BCUT2D eigenvalue weighted by Crippen LogP contribution is -2.43. The van der Waals surface area contributed by atoms with Crippen molar-refractivity contribution < 1.29 is 9.59 Å². The predicted octanol–water partition coefficient (Wildman–Crippen LogP) is 5.39. The predicted molar refractivity (Wildman–Crippen MR) is 125 cm³/mol. The molecule has 1 saturated heterocycles. The topological polar surface area (TPSA) is 65.2 Å². The molecule has 1 atom stereocenters. The van der Waals surface area contributed by atoms with Crippen molar-refractivity contribution in [2.75, 3.05) is 18.4 Å². The average molecular weight is 430 g/mol. The number of carbonyl (C=O) groups excluding carboxylic acids is 2. The van der Waals surface area contributed by atoms with Gasteiger partial charge in [0.2, 0.25) is 5.91 Å². The minimum absolute atomic E-state index is 0.0216. The lowest BCUT2D eigenvalue weighted by molar-refractivity contribution is -0.121. The van der Waals surface area contributed by atoms with Gasteiger partial charge in [0.25, 0.3) is 5.91 Å². The van der Waals surface area contributed by atoms with Gasteiger partial charge in [-0.2, -0.15) is 0 Å². The number of para-hydroxylation sites is 1. The van der Waals surface area contributed by atoms with Crippen LogP contribution in [0.15, 0.2) is 72.1 Å². The largest absolute Gasteiger partial charge is 0.355 e. The van der Waals surface area contributed by atoms with E-state index in [2.05, 4.69) is 28.5 Å². The molecule has 2 aromatic heterocycles. The summed E-state index contributed by atoms with van der Waals surface area (Å²) in [5, 5.41) is 6.12. The second-order valence-electron chi connectivity index (χ2n) is 7.91.